The fraction of sp³-hybridized carbons (Fsp3) is 0.304. The minimum Gasteiger partial charge on any atom is -0.496 e. The maximum Gasteiger partial charge on any atom is 0.261 e. The molecule has 0 saturated carbocycles. The molecule has 1 amide bonds. The van der Waals surface area contributed by atoms with Gasteiger partial charge in [0.05, 0.1) is 29.4 Å². The van der Waals surface area contributed by atoms with Gasteiger partial charge in [0.25, 0.3) is 5.91 Å². The van der Waals surface area contributed by atoms with Crippen LogP contribution in [0.1, 0.15) is 34.1 Å². The first-order chi connectivity index (χ1) is 15.0. The maximum absolute atomic E-state index is 13.3. The summed E-state index contributed by atoms with van der Waals surface area (Å²) >= 11 is 8.69. The highest BCUT2D eigenvalue weighted by Gasteiger charge is 2.30. The molecular weight excluding hydrogens is 544 g/mol. The topological polar surface area (TPSA) is 51.7 Å². The molecule has 0 radical (unpaired) electrons. The summed E-state index contributed by atoms with van der Waals surface area (Å²) in [6.07, 6.45) is 1.77. The Morgan fingerprint density at radius 2 is 1.90 bits per heavy atom. The van der Waals surface area contributed by atoms with E-state index in [1.54, 1.807) is 31.6 Å². The molecule has 0 aliphatic carbocycles. The Morgan fingerprint density at radius 1 is 1.13 bits per heavy atom. The molecule has 4 rings (SSSR count). The monoisotopic (exact) mass is 564 g/mol. The summed E-state index contributed by atoms with van der Waals surface area (Å²) < 4.78 is 12.7. The van der Waals surface area contributed by atoms with E-state index in [9.17, 15) is 4.79 Å². The predicted molar refractivity (Wildman–Crippen MR) is 130 cm³/mol. The van der Waals surface area contributed by atoms with E-state index < -0.39 is 0 Å². The van der Waals surface area contributed by atoms with Gasteiger partial charge in [-0.1, -0.05) is 28.1 Å². The summed E-state index contributed by atoms with van der Waals surface area (Å²) in [5.41, 5.74) is 2.57. The third-order valence-corrected chi connectivity index (χ3v) is 7.61. The third-order valence-electron chi connectivity index (χ3n) is 5.48. The Balaban J connectivity index is 1.47. The van der Waals surface area contributed by atoms with Crippen molar-refractivity contribution in [2.45, 2.75) is 18.8 Å². The van der Waals surface area contributed by atoms with Crippen LogP contribution in [0.25, 0.3) is 11.3 Å². The molecule has 0 atom stereocenters. The van der Waals surface area contributed by atoms with E-state index in [0.29, 0.717) is 36.1 Å². The van der Waals surface area contributed by atoms with Crippen molar-refractivity contribution in [3.05, 3.63) is 61.3 Å². The van der Waals surface area contributed by atoms with Gasteiger partial charge in [0.1, 0.15) is 17.1 Å². The summed E-state index contributed by atoms with van der Waals surface area (Å²) in [4.78, 5) is 20.1. The molecule has 162 valence electrons. The minimum atomic E-state index is -0.0672. The predicted octanol–water partition coefficient (Wildman–Crippen LogP) is 6.37. The van der Waals surface area contributed by atoms with Crippen LogP contribution in [0.2, 0.25) is 0 Å². The molecule has 1 fully saturated rings. The lowest BCUT2D eigenvalue weighted by Crippen LogP contribution is -2.38. The van der Waals surface area contributed by atoms with E-state index in [0.717, 1.165) is 38.1 Å². The SMILES string of the molecule is COc1ccc(Br)c(OC)c1C(=O)N1CCC(c2nc(-c3cccc(Br)c3)cs2)CC1. The number of carbonyl (C=O) groups excluding carboxylic acids is 1. The summed E-state index contributed by atoms with van der Waals surface area (Å²) in [6.45, 7) is 1.35. The number of amides is 1. The van der Waals surface area contributed by atoms with Crippen LogP contribution < -0.4 is 9.47 Å². The molecule has 1 saturated heterocycles. The normalized spacial score (nSPS) is 14.5. The van der Waals surface area contributed by atoms with Crippen molar-refractivity contribution < 1.29 is 14.3 Å². The number of benzene rings is 2. The first-order valence-corrected chi connectivity index (χ1v) is 12.4. The Kier molecular flexibility index (Phi) is 6.99. The number of thiazole rings is 1. The van der Waals surface area contributed by atoms with Crippen LogP contribution in [0.5, 0.6) is 11.5 Å². The van der Waals surface area contributed by atoms with Gasteiger partial charge >= 0.3 is 0 Å². The average Bonchev–Trinajstić information content (AvgIpc) is 3.29. The van der Waals surface area contributed by atoms with Crippen LogP contribution >= 0.6 is 43.2 Å². The van der Waals surface area contributed by atoms with Crippen LogP contribution in [-0.2, 0) is 0 Å². The number of nitrogens with zero attached hydrogens (tertiary/aromatic N) is 2. The standard InChI is InChI=1S/C23H22Br2N2O3S/c1-29-19-7-6-17(25)21(30-2)20(19)23(28)27-10-8-14(9-11-27)22-26-18(13-31-22)15-4-3-5-16(24)12-15/h3-7,12-14H,8-11H2,1-2H3. The highest BCUT2D eigenvalue weighted by molar-refractivity contribution is 9.10. The van der Waals surface area contributed by atoms with Gasteiger partial charge in [0, 0.05) is 34.4 Å². The molecule has 3 aromatic rings. The number of rotatable bonds is 5. The van der Waals surface area contributed by atoms with E-state index in [2.05, 4.69) is 49.4 Å². The largest absolute Gasteiger partial charge is 0.496 e. The van der Waals surface area contributed by atoms with Gasteiger partial charge in [-0.25, -0.2) is 4.98 Å². The third kappa shape index (κ3) is 4.66. The molecule has 8 heteroatoms. The lowest BCUT2D eigenvalue weighted by Gasteiger charge is -2.32. The average molecular weight is 566 g/mol. The first kappa shape index (κ1) is 22.3. The van der Waals surface area contributed by atoms with Crippen molar-refractivity contribution in [1.29, 1.82) is 0 Å². The van der Waals surface area contributed by atoms with Crippen molar-refractivity contribution in [2.24, 2.45) is 0 Å². The highest BCUT2D eigenvalue weighted by atomic mass is 79.9. The van der Waals surface area contributed by atoms with Crippen molar-refractivity contribution >= 4 is 49.1 Å². The number of methoxy groups -OCH3 is 2. The zero-order valence-corrected chi connectivity index (χ0v) is 21.2. The van der Waals surface area contributed by atoms with Crippen molar-refractivity contribution in [2.75, 3.05) is 27.3 Å². The number of piperidine rings is 1. The zero-order valence-electron chi connectivity index (χ0n) is 17.2. The van der Waals surface area contributed by atoms with Crippen LogP contribution in [0, 0.1) is 0 Å². The molecular formula is C23H22Br2N2O3S. The molecule has 0 bridgehead atoms. The van der Waals surface area contributed by atoms with Crippen molar-refractivity contribution in [1.82, 2.24) is 9.88 Å². The summed E-state index contributed by atoms with van der Waals surface area (Å²) in [7, 11) is 3.13. The van der Waals surface area contributed by atoms with Gasteiger partial charge in [-0.3, -0.25) is 4.79 Å². The van der Waals surface area contributed by atoms with E-state index in [1.807, 2.05) is 23.1 Å². The van der Waals surface area contributed by atoms with Gasteiger partial charge in [-0.2, -0.15) is 0 Å². The number of hydrogen-bond acceptors (Lipinski definition) is 5. The van der Waals surface area contributed by atoms with Crippen molar-refractivity contribution in [3.63, 3.8) is 0 Å². The van der Waals surface area contributed by atoms with Gasteiger partial charge in [-0.05, 0) is 53.0 Å². The van der Waals surface area contributed by atoms with Gasteiger partial charge < -0.3 is 14.4 Å². The minimum absolute atomic E-state index is 0.0672. The van der Waals surface area contributed by atoms with E-state index in [4.69, 9.17) is 14.5 Å². The Bertz CT molecular complexity index is 1090. The molecule has 0 N–H and O–H groups in total. The van der Waals surface area contributed by atoms with Crippen LogP contribution in [-0.4, -0.2) is 43.1 Å². The number of ether oxygens (including phenoxy) is 2. The van der Waals surface area contributed by atoms with Crippen LogP contribution in [0.4, 0.5) is 0 Å². The van der Waals surface area contributed by atoms with Gasteiger partial charge in [0.2, 0.25) is 0 Å². The molecule has 0 spiro atoms. The van der Waals surface area contributed by atoms with Crippen LogP contribution in [0.3, 0.4) is 0 Å². The van der Waals surface area contributed by atoms with E-state index in [-0.39, 0.29) is 5.91 Å². The number of hydrogen-bond donors (Lipinski definition) is 0. The molecule has 2 heterocycles. The second kappa shape index (κ2) is 9.71. The Labute approximate surface area is 202 Å². The highest BCUT2D eigenvalue weighted by Crippen LogP contribution is 2.38. The number of carbonyl (C=O) groups is 1. The Morgan fingerprint density at radius 3 is 2.58 bits per heavy atom. The molecule has 1 aliphatic rings. The second-order valence-electron chi connectivity index (χ2n) is 7.31. The lowest BCUT2D eigenvalue weighted by molar-refractivity contribution is 0.0706. The fourth-order valence-electron chi connectivity index (χ4n) is 3.85. The molecule has 5 nitrogen and oxygen atoms in total. The first-order valence-electron chi connectivity index (χ1n) is 9.93. The number of halogens is 2. The number of aromatic nitrogens is 1. The maximum atomic E-state index is 13.3. The summed E-state index contributed by atoms with van der Waals surface area (Å²) in [5.74, 6) is 1.32. The Hall–Kier alpha value is -1.90. The van der Waals surface area contributed by atoms with Crippen LogP contribution in [0.15, 0.2) is 50.7 Å². The van der Waals surface area contributed by atoms with Gasteiger partial charge in [-0.15, -0.1) is 11.3 Å². The molecule has 1 aromatic heterocycles. The quantitative estimate of drug-likeness (QED) is 0.360. The lowest BCUT2D eigenvalue weighted by atomic mass is 9.96. The van der Waals surface area contributed by atoms with Crippen molar-refractivity contribution in [3.8, 4) is 22.8 Å². The van der Waals surface area contributed by atoms with E-state index in [1.165, 1.54) is 0 Å². The number of likely N-dealkylation sites (tertiary alicyclic amines) is 1. The summed E-state index contributed by atoms with van der Waals surface area (Å²) in [5, 5.41) is 3.26. The fourth-order valence-corrected chi connectivity index (χ4v) is 5.75. The molecule has 0 unspecified atom stereocenters. The van der Waals surface area contributed by atoms with Gasteiger partial charge in [0.15, 0.2) is 0 Å². The summed E-state index contributed by atoms with van der Waals surface area (Å²) in [6, 6.07) is 11.8. The second-order valence-corrected chi connectivity index (χ2v) is 9.97. The molecule has 1 aliphatic heterocycles. The molecule has 2 aromatic carbocycles. The smallest absolute Gasteiger partial charge is 0.261 e. The zero-order chi connectivity index (χ0) is 22.0. The molecule has 31 heavy (non-hydrogen) atoms. The van der Waals surface area contributed by atoms with E-state index >= 15 is 0 Å².